The van der Waals surface area contributed by atoms with Gasteiger partial charge in [-0.3, -0.25) is 0 Å². The van der Waals surface area contributed by atoms with Gasteiger partial charge in [0.25, 0.3) is 10.0 Å². The second kappa shape index (κ2) is 6.70. The third kappa shape index (κ3) is 3.81. The second-order valence-corrected chi connectivity index (χ2v) is 7.14. The summed E-state index contributed by atoms with van der Waals surface area (Å²) in [6.45, 7) is 0.0810. The number of halogens is 1. The van der Waals surface area contributed by atoms with E-state index in [4.69, 9.17) is 11.6 Å². The van der Waals surface area contributed by atoms with Crippen molar-refractivity contribution >= 4 is 27.8 Å². The van der Waals surface area contributed by atoms with Crippen molar-refractivity contribution in [1.82, 2.24) is 0 Å². The molecule has 2 atom stereocenters. The molecule has 1 aliphatic rings. The highest BCUT2D eigenvalue weighted by atomic mass is 35.5. The van der Waals surface area contributed by atoms with Crippen molar-refractivity contribution in [3.63, 3.8) is 0 Å². The molecule has 0 bridgehead atoms. The van der Waals surface area contributed by atoms with Gasteiger partial charge in [0.2, 0.25) is 0 Å². The Labute approximate surface area is 124 Å². The van der Waals surface area contributed by atoms with Gasteiger partial charge in [0.15, 0.2) is 0 Å². The molecule has 0 radical (unpaired) electrons. The van der Waals surface area contributed by atoms with Crippen LogP contribution in [-0.2, 0) is 10.0 Å². The zero-order valence-corrected chi connectivity index (χ0v) is 12.6. The topological polar surface area (TPSA) is 66.7 Å². The molecule has 1 N–H and O–H groups in total. The fraction of sp³-hybridized carbons (Fsp3) is 0.500. The van der Waals surface area contributed by atoms with E-state index in [-0.39, 0.29) is 23.3 Å². The number of aliphatic hydroxyl groups is 1. The summed E-state index contributed by atoms with van der Waals surface area (Å²) in [4.78, 5) is 0.134. The lowest BCUT2D eigenvalue weighted by Gasteiger charge is -2.26. The Hall–Kier alpha value is -0.910. The first-order chi connectivity index (χ1) is 9.53. The number of rotatable bonds is 4. The minimum atomic E-state index is -3.68. The van der Waals surface area contributed by atoms with Gasteiger partial charge in [-0.1, -0.05) is 24.4 Å². The Morgan fingerprint density at radius 1 is 1.25 bits per heavy atom. The Morgan fingerprint density at radius 3 is 2.55 bits per heavy atom. The molecule has 0 aromatic heterocycles. The lowest BCUT2D eigenvalue weighted by atomic mass is 9.80. The summed E-state index contributed by atoms with van der Waals surface area (Å²) in [5.74, 6) is 0.156. The first-order valence-corrected chi connectivity index (χ1v) is 8.51. The molecule has 4 nitrogen and oxygen atoms in total. The number of aliphatic hydroxyl groups excluding tert-OH is 1. The first kappa shape index (κ1) is 15.5. The molecular weight excluding hydrogens is 298 g/mol. The molecule has 1 unspecified atom stereocenters. The van der Waals surface area contributed by atoms with Crippen molar-refractivity contribution in [3.8, 4) is 0 Å². The maximum atomic E-state index is 12.1. The second-order valence-electron chi connectivity index (χ2n) is 5.07. The van der Waals surface area contributed by atoms with Gasteiger partial charge in [-0.2, -0.15) is 12.8 Å². The van der Waals surface area contributed by atoms with Gasteiger partial charge in [0, 0.05) is 23.8 Å². The van der Waals surface area contributed by atoms with Crippen molar-refractivity contribution in [2.45, 2.75) is 30.6 Å². The van der Waals surface area contributed by atoms with Crippen molar-refractivity contribution in [1.29, 1.82) is 0 Å². The number of nitrogens with zero attached hydrogens (tertiary/aromatic N) is 1. The third-order valence-corrected chi connectivity index (χ3v) is 5.22. The van der Waals surface area contributed by atoms with Gasteiger partial charge >= 0.3 is 0 Å². The molecule has 2 rings (SSSR count). The van der Waals surface area contributed by atoms with Crippen molar-refractivity contribution in [2.75, 3.05) is 6.61 Å². The van der Waals surface area contributed by atoms with Crippen molar-refractivity contribution in [2.24, 2.45) is 16.2 Å². The van der Waals surface area contributed by atoms with Crippen LogP contribution >= 0.6 is 11.6 Å². The van der Waals surface area contributed by atoms with Crippen LogP contribution in [0.25, 0.3) is 0 Å². The number of hydrogen-bond donors (Lipinski definition) is 1. The van der Waals surface area contributed by atoms with E-state index < -0.39 is 10.0 Å². The lowest BCUT2D eigenvalue weighted by Crippen LogP contribution is -2.24. The summed E-state index contributed by atoms with van der Waals surface area (Å²) in [7, 11) is -3.68. The molecule has 6 heteroatoms. The minimum absolute atomic E-state index is 0.0378. The fourth-order valence-electron chi connectivity index (χ4n) is 2.48. The van der Waals surface area contributed by atoms with Crippen LogP contribution in [0.5, 0.6) is 0 Å². The normalized spacial score (nSPS) is 24.1. The van der Waals surface area contributed by atoms with E-state index in [1.54, 1.807) is 0 Å². The molecule has 20 heavy (non-hydrogen) atoms. The number of sulfonamides is 1. The predicted octanol–water partition coefficient (Wildman–Crippen LogP) is 2.90. The van der Waals surface area contributed by atoms with E-state index in [2.05, 4.69) is 4.40 Å². The number of benzene rings is 1. The Balaban J connectivity index is 2.14. The molecule has 0 aliphatic heterocycles. The Morgan fingerprint density at radius 2 is 1.90 bits per heavy atom. The average molecular weight is 316 g/mol. The smallest absolute Gasteiger partial charge is 0.281 e. The van der Waals surface area contributed by atoms with E-state index in [1.165, 1.54) is 30.5 Å². The summed E-state index contributed by atoms with van der Waals surface area (Å²) < 4.78 is 27.9. The molecule has 1 aromatic rings. The quantitative estimate of drug-likeness (QED) is 0.869. The van der Waals surface area contributed by atoms with Gasteiger partial charge in [-0.15, -0.1) is 0 Å². The molecule has 0 heterocycles. The SMILES string of the molecule is O=S(=O)(N=CC1CCCC[C@@H]1CO)c1ccc(Cl)cc1. The zero-order valence-electron chi connectivity index (χ0n) is 11.1. The summed E-state index contributed by atoms with van der Waals surface area (Å²) in [5.41, 5.74) is 0. The molecule has 1 saturated carbocycles. The molecule has 0 amide bonds. The monoisotopic (exact) mass is 315 g/mol. The van der Waals surface area contributed by atoms with Gasteiger partial charge in [0.1, 0.15) is 0 Å². The van der Waals surface area contributed by atoms with E-state index in [1.807, 2.05) is 0 Å². The summed E-state index contributed by atoms with van der Waals surface area (Å²) in [6.07, 6.45) is 5.43. The maximum absolute atomic E-state index is 12.1. The lowest BCUT2D eigenvalue weighted by molar-refractivity contribution is 0.167. The Kier molecular flexibility index (Phi) is 5.18. The molecular formula is C14H18ClNO3S. The predicted molar refractivity (Wildman–Crippen MR) is 79.7 cm³/mol. The summed E-state index contributed by atoms with van der Waals surface area (Å²) >= 11 is 5.74. The first-order valence-electron chi connectivity index (χ1n) is 6.70. The van der Waals surface area contributed by atoms with Gasteiger partial charge in [-0.25, -0.2) is 0 Å². The largest absolute Gasteiger partial charge is 0.396 e. The highest BCUT2D eigenvalue weighted by Gasteiger charge is 2.23. The zero-order chi connectivity index (χ0) is 14.6. The molecule has 1 aromatic carbocycles. The molecule has 1 fully saturated rings. The van der Waals surface area contributed by atoms with Crippen LogP contribution in [0.15, 0.2) is 33.6 Å². The van der Waals surface area contributed by atoms with Crippen LogP contribution in [0.2, 0.25) is 5.02 Å². The number of hydrogen-bond acceptors (Lipinski definition) is 3. The van der Waals surface area contributed by atoms with E-state index in [0.717, 1.165) is 25.7 Å². The standard InChI is InChI=1S/C14H18ClNO3S/c15-13-5-7-14(8-6-13)20(18,19)16-9-11-3-1-2-4-12(11)10-17/h5-9,11-12,17H,1-4,10H2/t11?,12-/m1/s1. The van der Waals surface area contributed by atoms with Crippen molar-refractivity contribution < 1.29 is 13.5 Å². The van der Waals surface area contributed by atoms with E-state index in [0.29, 0.717) is 5.02 Å². The van der Waals surface area contributed by atoms with Crippen LogP contribution in [-0.4, -0.2) is 26.3 Å². The molecule has 0 spiro atoms. The summed E-state index contributed by atoms with van der Waals surface area (Å²) in [6, 6.07) is 5.95. The molecule has 110 valence electrons. The van der Waals surface area contributed by atoms with Crippen molar-refractivity contribution in [3.05, 3.63) is 29.3 Å². The van der Waals surface area contributed by atoms with Crippen LogP contribution < -0.4 is 0 Å². The molecule has 0 saturated heterocycles. The maximum Gasteiger partial charge on any atom is 0.281 e. The third-order valence-electron chi connectivity index (χ3n) is 3.70. The fourth-order valence-corrected chi connectivity index (χ4v) is 3.53. The van der Waals surface area contributed by atoms with Crippen LogP contribution in [0.3, 0.4) is 0 Å². The highest BCUT2D eigenvalue weighted by Crippen LogP contribution is 2.28. The van der Waals surface area contributed by atoms with Crippen LogP contribution in [0, 0.1) is 11.8 Å². The Bertz CT molecular complexity index is 569. The minimum Gasteiger partial charge on any atom is -0.396 e. The summed E-state index contributed by atoms with van der Waals surface area (Å²) in [5, 5.41) is 9.80. The van der Waals surface area contributed by atoms with Gasteiger partial charge < -0.3 is 5.11 Å². The molecule has 1 aliphatic carbocycles. The van der Waals surface area contributed by atoms with Gasteiger partial charge in [-0.05, 0) is 43.0 Å². The van der Waals surface area contributed by atoms with Crippen LogP contribution in [0.1, 0.15) is 25.7 Å². The average Bonchev–Trinajstić information content (AvgIpc) is 2.46. The van der Waals surface area contributed by atoms with E-state index >= 15 is 0 Å². The van der Waals surface area contributed by atoms with Crippen LogP contribution in [0.4, 0.5) is 0 Å². The van der Waals surface area contributed by atoms with E-state index in [9.17, 15) is 13.5 Å². The highest BCUT2D eigenvalue weighted by molar-refractivity contribution is 7.90. The van der Waals surface area contributed by atoms with Gasteiger partial charge in [0.05, 0.1) is 4.90 Å².